The van der Waals surface area contributed by atoms with Crippen molar-refractivity contribution in [2.24, 2.45) is 0 Å². The molecule has 2 N–H and O–H groups in total. The van der Waals surface area contributed by atoms with Gasteiger partial charge in [-0.15, -0.1) is 0 Å². The summed E-state index contributed by atoms with van der Waals surface area (Å²) in [4.78, 5) is 24.9. The van der Waals surface area contributed by atoms with Crippen molar-refractivity contribution >= 4 is 22.8 Å². The van der Waals surface area contributed by atoms with Crippen molar-refractivity contribution in [2.75, 3.05) is 13.2 Å². The minimum atomic E-state index is -1.18. The van der Waals surface area contributed by atoms with Crippen LogP contribution in [-0.4, -0.2) is 36.4 Å². The number of aliphatic carboxylic acids is 1. The lowest BCUT2D eigenvalue weighted by Gasteiger charge is -2.19. The van der Waals surface area contributed by atoms with Gasteiger partial charge in [0.25, 0.3) is 0 Å². The van der Waals surface area contributed by atoms with Gasteiger partial charge >= 0.3 is 12.1 Å². The lowest BCUT2D eigenvalue weighted by atomic mass is 9.97. The Hall–Kier alpha value is -4.32. The highest BCUT2D eigenvalue weighted by Gasteiger charge is 2.30. The molecule has 5 rings (SSSR count). The zero-order valence-electron chi connectivity index (χ0n) is 19.9. The summed E-state index contributed by atoms with van der Waals surface area (Å²) in [6.07, 6.45) is -0.696. The molecule has 1 aliphatic rings. The fraction of sp³-hybridized carbons (Fsp3) is 0.200. The highest BCUT2D eigenvalue weighted by atomic mass is 16.5. The van der Waals surface area contributed by atoms with Gasteiger partial charge in [-0.2, -0.15) is 0 Å². The number of benzene rings is 4. The van der Waals surface area contributed by atoms with Crippen LogP contribution in [0.15, 0.2) is 84.9 Å². The van der Waals surface area contributed by atoms with Gasteiger partial charge < -0.3 is 19.9 Å². The van der Waals surface area contributed by atoms with Gasteiger partial charge in [0.05, 0.1) is 6.61 Å². The number of carbonyl (C=O) groups excluding carboxylic acids is 1. The van der Waals surface area contributed by atoms with E-state index in [4.69, 9.17) is 9.47 Å². The molecule has 0 aliphatic heterocycles. The van der Waals surface area contributed by atoms with Crippen molar-refractivity contribution in [3.63, 3.8) is 0 Å². The second kappa shape index (κ2) is 10.1. The minimum absolute atomic E-state index is 0.0657. The topological polar surface area (TPSA) is 84.9 Å². The van der Waals surface area contributed by atoms with E-state index in [1.165, 1.54) is 0 Å². The number of amides is 1. The smallest absolute Gasteiger partial charge is 0.407 e. The molecule has 182 valence electrons. The maximum Gasteiger partial charge on any atom is 0.407 e. The molecule has 6 heteroatoms. The Morgan fingerprint density at radius 2 is 1.53 bits per heavy atom. The second-order valence-electron chi connectivity index (χ2n) is 8.76. The molecular weight excluding hydrogens is 454 g/mol. The molecule has 0 bridgehead atoms. The van der Waals surface area contributed by atoms with Crippen molar-refractivity contribution in [3.05, 3.63) is 102 Å². The first-order valence-corrected chi connectivity index (χ1v) is 12.0. The summed E-state index contributed by atoms with van der Waals surface area (Å²) in [6.45, 7) is 2.44. The Labute approximate surface area is 209 Å². The third-order valence-corrected chi connectivity index (χ3v) is 6.64. The van der Waals surface area contributed by atoms with E-state index >= 15 is 0 Å². The van der Waals surface area contributed by atoms with Crippen molar-refractivity contribution < 1.29 is 24.2 Å². The van der Waals surface area contributed by atoms with Gasteiger partial charge in [0.2, 0.25) is 0 Å². The highest BCUT2D eigenvalue weighted by Crippen LogP contribution is 2.44. The van der Waals surface area contributed by atoms with Gasteiger partial charge in [0.15, 0.2) is 0 Å². The van der Waals surface area contributed by atoms with Gasteiger partial charge in [-0.1, -0.05) is 78.9 Å². The number of hydrogen-bond acceptors (Lipinski definition) is 4. The van der Waals surface area contributed by atoms with Crippen LogP contribution in [0.4, 0.5) is 4.79 Å². The van der Waals surface area contributed by atoms with E-state index in [9.17, 15) is 14.7 Å². The average Bonchev–Trinajstić information content (AvgIpc) is 3.22. The molecule has 0 fully saturated rings. The van der Waals surface area contributed by atoms with Crippen molar-refractivity contribution in [2.45, 2.75) is 25.3 Å². The third kappa shape index (κ3) is 4.50. The summed E-state index contributed by atoms with van der Waals surface area (Å²) >= 11 is 0. The summed E-state index contributed by atoms with van der Waals surface area (Å²) in [7, 11) is 0. The molecule has 4 aromatic rings. The Morgan fingerprint density at radius 3 is 2.19 bits per heavy atom. The first-order valence-electron chi connectivity index (χ1n) is 12.0. The summed E-state index contributed by atoms with van der Waals surface area (Å²) in [5, 5.41) is 14.3. The Kier molecular flexibility index (Phi) is 6.58. The standard InChI is InChI=1S/C30H27NO5/c1-2-35-28-16-15-19-9-3-4-10-20(19)25(28)17-27(29(32)33)31-30(34)36-18-26-23-13-7-5-11-21(23)22-12-6-8-14-24(22)26/h3-16,26-27H,2,17-18H2,1H3,(H,31,34)(H,32,33). The zero-order valence-corrected chi connectivity index (χ0v) is 19.9. The number of carboxylic acid groups (broad SMARTS) is 1. The number of carboxylic acids is 1. The molecule has 4 aromatic carbocycles. The molecule has 1 unspecified atom stereocenters. The fourth-order valence-corrected chi connectivity index (χ4v) is 5.00. The van der Waals surface area contributed by atoms with E-state index in [0.29, 0.717) is 12.4 Å². The number of fused-ring (bicyclic) bond motifs is 4. The molecule has 6 nitrogen and oxygen atoms in total. The third-order valence-electron chi connectivity index (χ3n) is 6.64. The summed E-state index contributed by atoms with van der Waals surface area (Å²) in [6, 6.07) is 26.5. The van der Waals surface area contributed by atoms with E-state index in [-0.39, 0.29) is 18.9 Å². The number of ether oxygens (including phenoxy) is 2. The van der Waals surface area contributed by atoms with Crippen LogP contribution < -0.4 is 10.1 Å². The fourth-order valence-electron chi connectivity index (χ4n) is 5.00. The van der Waals surface area contributed by atoms with Gasteiger partial charge in [-0.05, 0) is 46.0 Å². The van der Waals surface area contributed by atoms with Crippen LogP contribution in [0.5, 0.6) is 5.75 Å². The molecule has 1 aliphatic carbocycles. The molecule has 0 heterocycles. The number of hydrogen-bond donors (Lipinski definition) is 2. The van der Waals surface area contributed by atoms with Crippen molar-refractivity contribution in [3.8, 4) is 16.9 Å². The molecule has 1 atom stereocenters. The van der Waals surface area contributed by atoms with Crippen LogP contribution in [0.3, 0.4) is 0 Å². The maximum atomic E-state index is 12.8. The van der Waals surface area contributed by atoms with Crippen LogP contribution in [0.2, 0.25) is 0 Å². The zero-order chi connectivity index (χ0) is 25.1. The van der Waals surface area contributed by atoms with Crippen LogP contribution >= 0.6 is 0 Å². The van der Waals surface area contributed by atoms with Gasteiger partial charge in [0.1, 0.15) is 18.4 Å². The molecule has 36 heavy (non-hydrogen) atoms. The lowest BCUT2D eigenvalue weighted by Crippen LogP contribution is -2.43. The molecule has 0 aromatic heterocycles. The average molecular weight is 482 g/mol. The molecule has 1 amide bonds. The molecule has 0 spiro atoms. The van der Waals surface area contributed by atoms with E-state index in [0.717, 1.165) is 38.6 Å². The van der Waals surface area contributed by atoms with Gasteiger partial charge in [-0.25, -0.2) is 9.59 Å². The predicted molar refractivity (Wildman–Crippen MR) is 138 cm³/mol. The largest absolute Gasteiger partial charge is 0.494 e. The van der Waals surface area contributed by atoms with Crippen molar-refractivity contribution in [1.29, 1.82) is 0 Å². The normalized spacial score (nSPS) is 13.0. The summed E-state index contributed by atoms with van der Waals surface area (Å²) < 4.78 is 11.4. The molecule has 0 saturated heterocycles. The number of nitrogens with one attached hydrogen (secondary N) is 1. The van der Waals surface area contributed by atoms with Crippen LogP contribution in [-0.2, 0) is 16.0 Å². The molecular formula is C30H27NO5. The Morgan fingerprint density at radius 1 is 0.889 bits per heavy atom. The second-order valence-corrected chi connectivity index (χ2v) is 8.76. The lowest BCUT2D eigenvalue weighted by molar-refractivity contribution is -0.139. The number of alkyl carbamates (subject to hydrolysis) is 1. The monoisotopic (exact) mass is 481 g/mol. The van der Waals surface area contributed by atoms with Crippen molar-refractivity contribution in [1.82, 2.24) is 5.32 Å². The number of carbonyl (C=O) groups is 2. The molecule has 0 saturated carbocycles. The quantitative estimate of drug-likeness (QED) is 0.334. The first kappa shape index (κ1) is 23.4. The first-order chi connectivity index (χ1) is 17.6. The van der Waals surface area contributed by atoms with E-state index in [2.05, 4.69) is 17.4 Å². The van der Waals surface area contributed by atoms with E-state index in [1.807, 2.05) is 79.7 Å². The van der Waals surface area contributed by atoms with Crippen LogP contribution in [0.1, 0.15) is 29.5 Å². The van der Waals surface area contributed by atoms with Crippen LogP contribution in [0.25, 0.3) is 21.9 Å². The summed E-state index contributed by atoms with van der Waals surface area (Å²) in [5.41, 5.74) is 5.19. The van der Waals surface area contributed by atoms with Gasteiger partial charge in [0, 0.05) is 17.9 Å². The highest BCUT2D eigenvalue weighted by molar-refractivity contribution is 5.89. The summed E-state index contributed by atoms with van der Waals surface area (Å²) in [5.74, 6) is -0.635. The van der Waals surface area contributed by atoms with Crippen LogP contribution in [0, 0.1) is 0 Å². The van der Waals surface area contributed by atoms with E-state index in [1.54, 1.807) is 0 Å². The molecule has 0 radical (unpaired) electrons. The SMILES string of the molecule is CCOc1ccc2ccccc2c1CC(NC(=O)OCC1c2ccccc2-c2ccccc21)C(=O)O. The predicted octanol–water partition coefficient (Wildman–Crippen LogP) is 5.77. The minimum Gasteiger partial charge on any atom is -0.494 e. The van der Waals surface area contributed by atoms with E-state index < -0.39 is 18.1 Å². The number of rotatable bonds is 8. The Balaban J connectivity index is 1.33. The Bertz CT molecular complexity index is 1380. The maximum absolute atomic E-state index is 12.8. The van der Waals surface area contributed by atoms with Gasteiger partial charge in [-0.3, -0.25) is 0 Å².